The minimum absolute atomic E-state index is 0. The highest BCUT2D eigenvalue weighted by molar-refractivity contribution is 5.85. The molecule has 21 heavy (non-hydrogen) atoms. The summed E-state index contributed by atoms with van der Waals surface area (Å²) in [6.45, 7) is 1.89. The van der Waals surface area contributed by atoms with Crippen molar-refractivity contribution in [2.75, 3.05) is 20.1 Å². The van der Waals surface area contributed by atoms with Crippen molar-refractivity contribution < 1.29 is 4.79 Å². The Labute approximate surface area is 132 Å². The second-order valence-corrected chi connectivity index (χ2v) is 6.22. The SMILES string of the molecule is CNC(C(=O)N1CC2CCCCC2C1)c1cnn(C)c1.Cl. The summed E-state index contributed by atoms with van der Waals surface area (Å²) in [4.78, 5) is 14.8. The van der Waals surface area contributed by atoms with Crippen molar-refractivity contribution in [3.63, 3.8) is 0 Å². The fourth-order valence-electron chi connectivity index (χ4n) is 3.79. The number of carbonyl (C=O) groups is 1. The lowest BCUT2D eigenvalue weighted by atomic mass is 9.82. The number of likely N-dealkylation sites (N-methyl/N-ethyl adjacent to an activating group) is 1. The maximum atomic E-state index is 12.8. The molecule has 0 spiro atoms. The number of fused-ring (bicyclic) bond motifs is 1. The summed E-state index contributed by atoms with van der Waals surface area (Å²) in [5.41, 5.74) is 0.954. The van der Waals surface area contributed by atoms with Gasteiger partial charge in [-0.25, -0.2) is 0 Å². The van der Waals surface area contributed by atoms with Gasteiger partial charge < -0.3 is 10.2 Å². The number of nitrogens with zero attached hydrogens (tertiary/aromatic N) is 3. The average molecular weight is 313 g/mol. The molecule has 5 nitrogen and oxygen atoms in total. The zero-order valence-electron chi connectivity index (χ0n) is 12.8. The Hall–Kier alpha value is -1.07. The van der Waals surface area contributed by atoms with Crippen molar-refractivity contribution in [3.05, 3.63) is 18.0 Å². The maximum absolute atomic E-state index is 12.8. The van der Waals surface area contributed by atoms with E-state index in [4.69, 9.17) is 0 Å². The molecule has 1 saturated carbocycles. The van der Waals surface area contributed by atoms with Gasteiger partial charge in [0.1, 0.15) is 6.04 Å². The Morgan fingerprint density at radius 2 is 1.95 bits per heavy atom. The van der Waals surface area contributed by atoms with Crippen LogP contribution in [0, 0.1) is 11.8 Å². The Morgan fingerprint density at radius 3 is 2.43 bits per heavy atom. The van der Waals surface area contributed by atoms with E-state index in [0.717, 1.165) is 30.5 Å². The van der Waals surface area contributed by atoms with Gasteiger partial charge in [0.2, 0.25) is 5.91 Å². The van der Waals surface area contributed by atoms with Gasteiger partial charge in [0, 0.05) is 31.9 Å². The predicted octanol–water partition coefficient (Wildman–Crippen LogP) is 1.75. The number of likely N-dealkylation sites (tertiary alicyclic amines) is 1. The zero-order valence-corrected chi connectivity index (χ0v) is 13.6. The van der Waals surface area contributed by atoms with Gasteiger partial charge in [0.15, 0.2) is 0 Å². The van der Waals surface area contributed by atoms with Crippen molar-refractivity contribution in [1.29, 1.82) is 0 Å². The van der Waals surface area contributed by atoms with E-state index >= 15 is 0 Å². The van der Waals surface area contributed by atoms with E-state index in [1.165, 1.54) is 25.7 Å². The van der Waals surface area contributed by atoms with Crippen LogP contribution in [0.4, 0.5) is 0 Å². The molecule has 118 valence electrons. The van der Waals surface area contributed by atoms with Gasteiger partial charge in [-0.1, -0.05) is 12.8 Å². The van der Waals surface area contributed by atoms with Crippen molar-refractivity contribution in [2.24, 2.45) is 18.9 Å². The lowest BCUT2D eigenvalue weighted by molar-refractivity contribution is -0.132. The summed E-state index contributed by atoms with van der Waals surface area (Å²) in [5.74, 6) is 1.67. The Morgan fingerprint density at radius 1 is 1.33 bits per heavy atom. The normalized spacial score (nSPS) is 26.1. The van der Waals surface area contributed by atoms with Crippen LogP contribution in [0.15, 0.2) is 12.4 Å². The molecule has 1 saturated heterocycles. The Kier molecular flexibility index (Phi) is 5.27. The number of nitrogens with one attached hydrogen (secondary N) is 1. The molecule has 2 fully saturated rings. The lowest BCUT2D eigenvalue weighted by Gasteiger charge is -2.22. The standard InChI is InChI=1S/C15H24N4O.ClH/c1-16-14(13-7-17-18(2)8-13)15(20)19-9-11-5-3-4-6-12(11)10-19;/h7-8,11-12,14,16H,3-6,9-10H2,1-2H3;1H. The smallest absolute Gasteiger partial charge is 0.244 e. The molecule has 0 bridgehead atoms. The third-order valence-corrected chi connectivity index (χ3v) is 4.88. The summed E-state index contributed by atoms with van der Waals surface area (Å²) < 4.78 is 1.75. The van der Waals surface area contributed by atoms with Crippen LogP contribution < -0.4 is 5.32 Å². The molecule has 1 aromatic rings. The Balaban J connectivity index is 0.00000161. The molecular weight excluding hydrogens is 288 g/mol. The van der Waals surface area contributed by atoms with Crippen molar-refractivity contribution >= 4 is 18.3 Å². The van der Waals surface area contributed by atoms with Gasteiger partial charge >= 0.3 is 0 Å². The number of hydrogen-bond donors (Lipinski definition) is 1. The molecule has 3 atom stereocenters. The number of halogens is 1. The molecule has 6 heteroatoms. The molecule has 1 aliphatic heterocycles. The number of carbonyl (C=O) groups excluding carboxylic acids is 1. The molecule has 3 unspecified atom stereocenters. The highest BCUT2D eigenvalue weighted by Gasteiger charge is 2.38. The van der Waals surface area contributed by atoms with Crippen LogP contribution in [-0.2, 0) is 11.8 Å². The molecule has 2 heterocycles. The quantitative estimate of drug-likeness (QED) is 0.925. The molecule has 1 aliphatic carbocycles. The van der Waals surface area contributed by atoms with Gasteiger partial charge in [-0.05, 0) is 31.7 Å². The number of rotatable bonds is 3. The van der Waals surface area contributed by atoms with Crippen LogP contribution >= 0.6 is 12.4 Å². The van der Waals surface area contributed by atoms with Crippen LogP contribution in [0.1, 0.15) is 37.3 Å². The topological polar surface area (TPSA) is 50.2 Å². The van der Waals surface area contributed by atoms with Crippen molar-refractivity contribution in [2.45, 2.75) is 31.7 Å². The van der Waals surface area contributed by atoms with Gasteiger partial charge in [0.25, 0.3) is 0 Å². The first-order valence-corrected chi connectivity index (χ1v) is 7.63. The first-order valence-electron chi connectivity index (χ1n) is 7.63. The zero-order chi connectivity index (χ0) is 14.1. The third-order valence-electron chi connectivity index (χ3n) is 4.88. The van der Waals surface area contributed by atoms with Gasteiger partial charge in [-0.15, -0.1) is 12.4 Å². The summed E-state index contributed by atoms with van der Waals surface area (Å²) in [6, 6.07) is -0.260. The minimum atomic E-state index is -0.260. The number of aromatic nitrogens is 2. The lowest BCUT2D eigenvalue weighted by Crippen LogP contribution is -2.38. The fraction of sp³-hybridized carbons (Fsp3) is 0.733. The van der Waals surface area contributed by atoms with Crippen LogP contribution in [-0.4, -0.2) is 40.7 Å². The van der Waals surface area contributed by atoms with Gasteiger partial charge in [0.05, 0.1) is 6.20 Å². The monoisotopic (exact) mass is 312 g/mol. The van der Waals surface area contributed by atoms with E-state index in [0.29, 0.717) is 0 Å². The summed E-state index contributed by atoms with van der Waals surface area (Å²) in [6.07, 6.45) is 8.96. The highest BCUT2D eigenvalue weighted by atomic mass is 35.5. The average Bonchev–Trinajstić information content (AvgIpc) is 3.05. The third kappa shape index (κ3) is 3.24. The molecule has 0 aromatic carbocycles. The molecular formula is C15H25ClN4O. The number of amides is 1. The van der Waals surface area contributed by atoms with E-state index in [-0.39, 0.29) is 24.4 Å². The fourth-order valence-corrected chi connectivity index (χ4v) is 3.79. The molecule has 1 aromatic heterocycles. The van der Waals surface area contributed by atoms with Gasteiger partial charge in [-0.3, -0.25) is 9.48 Å². The second-order valence-electron chi connectivity index (χ2n) is 6.22. The Bertz CT molecular complexity index is 476. The first kappa shape index (κ1) is 16.3. The molecule has 0 radical (unpaired) electrons. The molecule has 3 rings (SSSR count). The van der Waals surface area contributed by atoms with Crippen LogP contribution in [0.3, 0.4) is 0 Å². The van der Waals surface area contributed by atoms with Crippen molar-refractivity contribution in [3.8, 4) is 0 Å². The minimum Gasteiger partial charge on any atom is -0.340 e. The molecule has 1 N–H and O–H groups in total. The van der Waals surface area contributed by atoms with E-state index in [9.17, 15) is 4.79 Å². The predicted molar refractivity (Wildman–Crippen MR) is 84.3 cm³/mol. The van der Waals surface area contributed by atoms with E-state index in [2.05, 4.69) is 15.3 Å². The van der Waals surface area contributed by atoms with Crippen LogP contribution in [0.5, 0.6) is 0 Å². The van der Waals surface area contributed by atoms with Crippen LogP contribution in [0.25, 0.3) is 0 Å². The number of aryl methyl sites for hydroxylation is 1. The van der Waals surface area contributed by atoms with E-state index in [1.807, 2.05) is 20.3 Å². The van der Waals surface area contributed by atoms with Crippen molar-refractivity contribution in [1.82, 2.24) is 20.0 Å². The maximum Gasteiger partial charge on any atom is 0.244 e. The van der Waals surface area contributed by atoms with Crippen LogP contribution in [0.2, 0.25) is 0 Å². The summed E-state index contributed by atoms with van der Waals surface area (Å²) in [7, 11) is 3.73. The number of hydrogen-bond acceptors (Lipinski definition) is 3. The highest BCUT2D eigenvalue weighted by Crippen LogP contribution is 2.36. The molecule has 1 amide bonds. The van der Waals surface area contributed by atoms with E-state index < -0.39 is 0 Å². The van der Waals surface area contributed by atoms with Gasteiger partial charge in [-0.2, -0.15) is 5.10 Å². The van der Waals surface area contributed by atoms with E-state index in [1.54, 1.807) is 10.9 Å². The second kappa shape index (κ2) is 6.79. The summed E-state index contributed by atoms with van der Waals surface area (Å²) in [5, 5.41) is 7.32. The largest absolute Gasteiger partial charge is 0.340 e. The summed E-state index contributed by atoms with van der Waals surface area (Å²) >= 11 is 0. The molecule has 2 aliphatic rings. The first-order chi connectivity index (χ1) is 9.69.